The lowest BCUT2D eigenvalue weighted by atomic mass is 10.1. The van der Waals surface area contributed by atoms with E-state index < -0.39 is 11.8 Å². The van der Waals surface area contributed by atoms with E-state index in [0.29, 0.717) is 32.8 Å². The Hall–Kier alpha value is -4.16. The molecule has 0 spiro atoms. The summed E-state index contributed by atoms with van der Waals surface area (Å²) in [5.41, 5.74) is 6.04. The van der Waals surface area contributed by atoms with Crippen LogP contribution in [0.2, 0.25) is 0 Å². The van der Waals surface area contributed by atoms with Crippen LogP contribution in [-0.4, -0.2) is 25.1 Å². The van der Waals surface area contributed by atoms with Crippen LogP contribution in [0, 0.1) is 18.3 Å². The van der Waals surface area contributed by atoms with E-state index in [9.17, 15) is 9.59 Å². The molecule has 0 bridgehead atoms. The highest BCUT2D eigenvalue weighted by Crippen LogP contribution is 2.36. The summed E-state index contributed by atoms with van der Waals surface area (Å²) in [7, 11) is 1.52. The highest BCUT2D eigenvalue weighted by Gasteiger charge is 2.13. The summed E-state index contributed by atoms with van der Waals surface area (Å²) in [5.74, 6) is 0.00485. The van der Waals surface area contributed by atoms with E-state index in [0.717, 1.165) is 11.1 Å². The molecule has 0 unspecified atom stereocenters. The zero-order valence-corrected chi connectivity index (χ0v) is 20.8. The number of hydrogen-bond acceptors (Lipinski definition) is 6. The van der Waals surface area contributed by atoms with Crippen LogP contribution in [0.15, 0.2) is 70.2 Å². The quantitative estimate of drug-likeness (QED) is 0.235. The van der Waals surface area contributed by atoms with Crippen molar-refractivity contribution in [2.24, 2.45) is 5.10 Å². The van der Waals surface area contributed by atoms with Gasteiger partial charge < -0.3 is 14.8 Å². The van der Waals surface area contributed by atoms with Crippen LogP contribution >= 0.6 is 15.9 Å². The number of carbonyl (C=O) groups is 2. The van der Waals surface area contributed by atoms with Gasteiger partial charge >= 0.3 is 0 Å². The van der Waals surface area contributed by atoms with Gasteiger partial charge in [-0.3, -0.25) is 9.59 Å². The molecule has 9 heteroatoms. The number of nitrogens with zero attached hydrogens (tertiary/aromatic N) is 2. The summed E-state index contributed by atoms with van der Waals surface area (Å²) in [6.45, 7) is 2.16. The van der Waals surface area contributed by atoms with Crippen LogP contribution in [-0.2, 0) is 16.2 Å². The van der Waals surface area contributed by atoms with Crippen LogP contribution in [0.1, 0.15) is 28.7 Å². The van der Waals surface area contributed by atoms with Gasteiger partial charge in [0.1, 0.15) is 13.0 Å². The molecule has 178 valence electrons. The Balaban J connectivity index is 1.57. The lowest BCUT2D eigenvalue weighted by molar-refractivity contribution is -0.126. The fourth-order valence-corrected chi connectivity index (χ4v) is 3.63. The van der Waals surface area contributed by atoms with Gasteiger partial charge in [0.2, 0.25) is 11.8 Å². The summed E-state index contributed by atoms with van der Waals surface area (Å²) >= 11 is 3.48. The average Bonchev–Trinajstić information content (AvgIpc) is 2.84. The van der Waals surface area contributed by atoms with E-state index in [1.54, 1.807) is 30.3 Å². The molecule has 3 rings (SSSR count). The van der Waals surface area contributed by atoms with Gasteiger partial charge in [-0.05, 0) is 69.9 Å². The van der Waals surface area contributed by atoms with E-state index in [1.165, 1.54) is 13.3 Å². The second-order valence-corrected chi connectivity index (χ2v) is 8.32. The Bertz CT molecular complexity index is 1280. The van der Waals surface area contributed by atoms with Gasteiger partial charge in [-0.25, -0.2) is 5.43 Å². The van der Waals surface area contributed by atoms with Crippen LogP contribution in [0.3, 0.4) is 0 Å². The van der Waals surface area contributed by atoms with Gasteiger partial charge in [-0.1, -0.05) is 30.3 Å². The molecule has 0 radical (unpaired) electrons. The molecular formula is C26H23BrN4O4. The summed E-state index contributed by atoms with van der Waals surface area (Å²) in [6, 6.07) is 20.0. The van der Waals surface area contributed by atoms with Crippen molar-refractivity contribution in [3.05, 3.63) is 87.4 Å². The largest absolute Gasteiger partial charge is 0.493 e. The number of para-hydroxylation sites is 1. The minimum atomic E-state index is -0.541. The Labute approximate surface area is 211 Å². The first kappa shape index (κ1) is 25.5. The third-order valence-electron chi connectivity index (χ3n) is 4.86. The summed E-state index contributed by atoms with van der Waals surface area (Å²) in [6.07, 6.45) is 1.08. The minimum Gasteiger partial charge on any atom is -0.493 e. The molecule has 2 N–H and O–H groups in total. The first-order valence-electron chi connectivity index (χ1n) is 10.6. The maximum atomic E-state index is 12.1. The molecule has 2 amide bonds. The van der Waals surface area contributed by atoms with Gasteiger partial charge in [0.05, 0.1) is 29.4 Å². The van der Waals surface area contributed by atoms with Gasteiger partial charge in [0.25, 0.3) is 0 Å². The zero-order valence-electron chi connectivity index (χ0n) is 19.2. The molecule has 35 heavy (non-hydrogen) atoms. The van der Waals surface area contributed by atoms with E-state index in [2.05, 4.69) is 37.8 Å². The molecule has 0 saturated carbocycles. The monoisotopic (exact) mass is 534 g/mol. The SMILES string of the molecule is COc1cc(C=NNC(=O)CC(=O)Nc2ccccc2C)cc(Br)c1OCc1ccc(C#N)cc1. The number of nitriles is 1. The number of ether oxygens (including phenoxy) is 2. The van der Waals surface area contributed by atoms with Crippen LogP contribution in [0.25, 0.3) is 0 Å². The summed E-state index contributed by atoms with van der Waals surface area (Å²) < 4.78 is 12.0. The van der Waals surface area contributed by atoms with Crippen molar-refractivity contribution in [1.82, 2.24) is 5.43 Å². The molecule has 0 atom stereocenters. The number of hydrogen-bond donors (Lipinski definition) is 2. The van der Waals surface area contributed by atoms with Crippen molar-refractivity contribution in [2.45, 2.75) is 20.0 Å². The molecule has 0 aromatic heterocycles. The average molecular weight is 535 g/mol. The Kier molecular flexibility index (Phi) is 8.98. The summed E-state index contributed by atoms with van der Waals surface area (Å²) in [5, 5.41) is 15.5. The second-order valence-electron chi connectivity index (χ2n) is 7.46. The number of amides is 2. The molecule has 3 aromatic rings. The number of benzene rings is 3. The minimum absolute atomic E-state index is 0.286. The van der Waals surface area contributed by atoms with Crippen LogP contribution in [0.5, 0.6) is 11.5 Å². The van der Waals surface area contributed by atoms with Crippen molar-refractivity contribution in [1.29, 1.82) is 5.26 Å². The Morgan fingerprint density at radius 3 is 2.54 bits per heavy atom. The van der Waals surface area contributed by atoms with Crippen molar-refractivity contribution in [3.63, 3.8) is 0 Å². The first-order chi connectivity index (χ1) is 16.9. The summed E-state index contributed by atoms with van der Waals surface area (Å²) in [4.78, 5) is 24.2. The zero-order chi connectivity index (χ0) is 25.2. The lowest BCUT2D eigenvalue weighted by Crippen LogP contribution is -2.24. The third kappa shape index (κ3) is 7.42. The van der Waals surface area contributed by atoms with Crippen molar-refractivity contribution < 1.29 is 19.1 Å². The Morgan fingerprint density at radius 2 is 1.86 bits per heavy atom. The molecule has 0 aliphatic heterocycles. The number of nitrogens with one attached hydrogen (secondary N) is 2. The number of methoxy groups -OCH3 is 1. The van der Waals surface area contributed by atoms with Gasteiger partial charge in [0.15, 0.2) is 11.5 Å². The van der Waals surface area contributed by atoms with E-state index in [4.69, 9.17) is 14.7 Å². The third-order valence-corrected chi connectivity index (χ3v) is 5.45. The van der Waals surface area contributed by atoms with E-state index in [1.807, 2.05) is 37.3 Å². The second kappa shape index (κ2) is 12.3. The Morgan fingerprint density at radius 1 is 1.11 bits per heavy atom. The maximum absolute atomic E-state index is 12.1. The van der Waals surface area contributed by atoms with Crippen molar-refractivity contribution in [2.75, 3.05) is 12.4 Å². The fraction of sp³-hybridized carbons (Fsp3) is 0.154. The highest BCUT2D eigenvalue weighted by atomic mass is 79.9. The maximum Gasteiger partial charge on any atom is 0.249 e. The molecule has 0 fully saturated rings. The number of halogens is 1. The molecule has 0 heterocycles. The number of carbonyl (C=O) groups excluding carboxylic acids is 2. The molecule has 8 nitrogen and oxygen atoms in total. The topological polar surface area (TPSA) is 113 Å². The first-order valence-corrected chi connectivity index (χ1v) is 11.4. The molecule has 0 saturated heterocycles. The normalized spacial score (nSPS) is 10.5. The predicted molar refractivity (Wildman–Crippen MR) is 136 cm³/mol. The predicted octanol–water partition coefficient (Wildman–Crippen LogP) is 4.70. The standard InChI is InChI=1S/C26H23BrN4O4/c1-17-5-3-4-6-22(17)30-24(32)13-25(33)31-29-15-20-11-21(27)26(23(12-20)34-2)35-16-19-9-7-18(14-28)8-10-19/h3-12,15H,13,16H2,1-2H3,(H,30,32)(H,31,33). The van der Waals surface area contributed by atoms with Crippen molar-refractivity contribution >= 4 is 39.6 Å². The van der Waals surface area contributed by atoms with Gasteiger partial charge in [-0.2, -0.15) is 10.4 Å². The van der Waals surface area contributed by atoms with Crippen molar-refractivity contribution in [3.8, 4) is 17.6 Å². The molecule has 0 aliphatic rings. The van der Waals surface area contributed by atoms with Gasteiger partial charge in [-0.15, -0.1) is 0 Å². The van der Waals surface area contributed by atoms with Crippen LogP contribution in [0.4, 0.5) is 5.69 Å². The number of hydrazone groups is 1. The smallest absolute Gasteiger partial charge is 0.249 e. The van der Waals surface area contributed by atoms with Gasteiger partial charge in [0, 0.05) is 5.69 Å². The number of rotatable bonds is 9. The fourth-order valence-electron chi connectivity index (χ4n) is 3.06. The molecule has 3 aromatic carbocycles. The molecule has 0 aliphatic carbocycles. The number of anilines is 1. The number of aryl methyl sites for hydroxylation is 1. The van der Waals surface area contributed by atoms with E-state index >= 15 is 0 Å². The lowest BCUT2D eigenvalue weighted by Gasteiger charge is -2.13. The van der Waals surface area contributed by atoms with Crippen LogP contribution < -0.4 is 20.2 Å². The highest BCUT2D eigenvalue weighted by molar-refractivity contribution is 9.10. The molecular weight excluding hydrogens is 512 g/mol. The van der Waals surface area contributed by atoms with E-state index in [-0.39, 0.29) is 13.0 Å².